The smallest absolute Gasteiger partial charge is 0.246 e. The van der Waals surface area contributed by atoms with Gasteiger partial charge in [0.1, 0.15) is 12.1 Å². The summed E-state index contributed by atoms with van der Waals surface area (Å²) >= 11 is 0. The molecule has 0 radical (unpaired) electrons. The fraction of sp³-hybridized carbons (Fsp3) is 0.440. The minimum absolute atomic E-state index is 0.00535. The normalized spacial score (nSPS) is 21.0. The van der Waals surface area contributed by atoms with E-state index in [0.29, 0.717) is 24.9 Å². The molecule has 0 bridgehead atoms. The molecule has 1 saturated heterocycles. The maximum atomic E-state index is 11.9. The third kappa shape index (κ3) is 3.36. The van der Waals surface area contributed by atoms with Crippen LogP contribution in [0.2, 0.25) is 0 Å². The summed E-state index contributed by atoms with van der Waals surface area (Å²) in [6.07, 6.45) is 6.98. The molecule has 3 aromatic rings. The van der Waals surface area contributed by atoms with E-state index >= 15 is 0 Å². The maximum Gasteiger partial charge on any atom is 0.246 e. The molecule has 0 N–H and O–H groups in total. The van der Waals surface area contributed by atoms with Crippen molar-refractivity contribution in [1.29, 1.82) is 0 Å². The number of aryl methyl sites for hydroxylation is 2. The number of rotatable bonds is 3. The second-order valence-corrected chi connectivity index (χ2v) is 9.13. The summed E-state index contributed by atoms with van der Waals surface area (Å²) in [4.78, 5) is 25.5. The van der Waals surface area contributed by atoms with Crippen molar-refractivity contribution in [2.75, 3.05) is 31.1 Å². The molecular formula is C25H30N6O. The summed E-state index contributed by atoms with van der Waals surface area (Å²) in [6, 6.07) is 4.39. The Bertz CT molecular complexity index is 1190. The van der Waals surface area contributed by atoms with E-state index in [1.54, 1.807) is 6.33 Å². The number of carbonyl (C=O) groups excluding carboxylic acids is 1. The first kappa shape index (κ1) is 20.7. The molecule has 166 valence electrons. The average molecular weight is 431 g/mol. The van der Waals surface area contributed by atoms with Crippen LogP contribution in [0, 0.1) is 12.8 Å². The Morgan fingerprint density at radius 1 is 1.16 bits per heavy atom. The van der Waals surface area contributed by atoms with Gasteiger partial charge in [0, 0.05) is 49.9 Å². The van der Waals surface area contributed by atoms with Gasteiger partial charge in [0.15, 0.2) is 0 Å². The molecule has 0 spiro atoms. The Kier molecular flexibility index (Phi) is 5.19. The van der Waals surface area contributed by atoms with E-state index in [2.05, 4.69) is 47.5 Å². The van der Waals surface area contributed by atoms with Crippen molar-refractivity contribution < 1.29 is 4.79 Å². The second kappa shape index (κ2) is 8.04. The van der Waals surface area contributed by atoms with Crippen LogP contribution in [0.3, 0.4) is 0 Å². The zero-order valence-corrected chi connectivity index (χ0v) is 19.1. The fourth-order valence-corrected chi connectivity index (χ4v) is 5.47. The molecule has 2 aliphatic rings. The predicted molar refractivity (Wildman–Crippen MR) is 126 cm³/mol. The summed E-state index contributed by atoms with van der Waals surface area (Å²) < 4.78 is 1.96. The van der Waals surface area contributed by atoms with E-state index in [9.17, 15) is 4.79 Å². The van der Waals surface area contributed by atoms with E-state index in [4.69, 9.17) is 4.98 Å². The van der Waals surface area contributed by atoms with E-state index in [-0.39, 0.29) is 5.91 Å². The Labute approximate surface area is 188 Å². The zero-order chi connectivity index (χ0) is 22.4. The number of carbonyl (C=O) groups is 1. The van der Waals surface area contributed by atoms with E-state index in [1.807, 2.05) is 22.8 Å². The molecule has 1 aliphatic heterocycles. The van der Waals surface area contributed by atoms with Gasteiger partial charge in [-0.05, 0) is 54.9 Å². The minimum atomic E-state index is 0.00535. The highest BCUT2D eigenvalue weighted by molar-refractivity contribution is 5.87. The number of hydrogen-bond acceptors (Lipinski definition) is 5. The van der Waals surface area contributed by atoms with E-state index in [0.717, 1.165) is 37.4 Å². The van der Waals surface area contributed by atoms with Crippen LogP contribution >= 0.6 is 0 Å². The van der Waals surface area contributed by atoms with Crippen LogP contribution in [0.1, 0.15) is 35.2 Å². The molecule has 1 aliphatic carbocycles. The van der Waals surface area contributed by atoms with Crippen LogP contribution < -0.4 is 4.90 Å². The molecule has 2 aromatic heterocycles. The quantitative estimate of drug-likeness (QED) is 0.598. The van der Waals surface area contributed by atoms with Gasteiger partial charge in [0.05, 0.1) is 11.7 Å². The van der Waals surface area contributed by atoms with Gasteiger partial charge in [-0.2, -0.15) is 5.10 Å². The van der Waals surface area contributed by atoms with Crippen molar-refractivity contribution in [3.63, 3.8) is 0 Å². The number of aromatic nitrogens is 4. The van der Waals surface area contributed by atoms with Crippen LogP contribution in [0.25, 0.3) is 10.9 Å². The number of piperazine rings is 1. The molecular weight excluding hydrogens is 400 g/mol. The Balaban J connectivity index is 1.45. The number of benzene rings is 1. The molecule has 1 amide bonds. The van der Waals surface area contributed by atoms with Crippen molar-refractivity contribution in [3.8, 4) is 0 Å². The van der Waals surface area contributed by atoms with Crippen LogP contribution in [0.15, 0.2) is 37.3 Å². The second-order valence-electron chi connectivity index (χ2n) is 9.13. The van der Waals surface area contributed by atoms with Crippen molar-refractivity contribution in [2.24, 2.45) is 13.0 Å². The minimum Gasteiger partial charge on any atom is -0.353 e. The molecule has 2 atom stereocenters. The Hall–Kier alpha value is -3.22. The summed E-state index contributed by atoms with van der Waals surface area (Å²) in [5.41, 5.74) is 6.34. The van der Waals surface area contributed by atoms with E-state index < -0.39 is 0 Å². The molecule has 7 nitrogen and oxygen atoms in total. The van der Waals surface area contributed by atoms with Gasteiger partial charge in [-0.15, -0.1) is 0 Å². The number of nitrogens with zero attached hydrogens (tertiary/aromatic N) is 6. The monoisotopic (exact) mass is 430 g/mol. The summed E-state index contributed by atoms with van der Waals surface area (Å²) in [5, 5.41) is 5.77. The predicted octanol–water partition coefficient (Wildman–Crippen LogP) is 3.02. The number of anilines is 1. The highest BCUT2D eigenvalue weighted by Gasteiger charge is 2.33. The highest BCUT2D eigenvalue weighted by Crippen LogP contribution is 2.42. The largest absolute Gasteiger partial charge is 0.353 e. The lowest BCUT2D eigenvalue weighted by molar-refractivity contribution is -0.126. The number of amides is 1. The Morgan fingerprint density at radius 3 is 2.69 bits per heavy atom. The van der Waals surface area contributed by atoms with Gasteiger partial charge >= 0.3 is 0 Å². The van der Waals surface area contributed by atoms with Crippen LogP contribution in [-0.2, 0) is 24.7 Å². The van der Waals surface area contributed by atoms with Gasteiger partial charge in [0.2, 0.25) is 5.91 Å². The molecule has 0 unspecified atom stereocenters. The highest BCUT2D eigenvalue weighted by atomic mass is 16.2. The first-order chi connectivity index (χ1) is 15.5. The zero-order valence-electron chi connectivity index (χ0n) is 19.1. The summed E-state index contributed by atoms with van der Waals surface area (Å²) in [6.45, 7) is 11.1. The SMILES string of the molecule is C=CC(=O)N1CCN(c2ncnc3c2C[C@H](C)[C@@H](c2c(C)ccc4c2cnn4C)C3)CC1. The van der Waals surface area contributed by atoms with Gasteiger partial charge in [-0.1, -0.05) is 19.6 Å². The lowest BCUT2D eigenvalue weighted by atomic mass is 9.73. The standard InChI is InChI=1S/C25H30N6O/c1-5-23(32)30-8-10-31(11-9-30)25-19-12-17(3)18(13-21(19)26-15-27-25)24-16(2)6-7-22-20(24)14-28-29(22)4/h5-7,14-15,17-18H,1,8-13H2,2-4H3/t17-,18-/m0/s1. The van der Waals surface area contributed by atoms with Crippen molar-refractivity contribution >= 4 is 22.6 Å². The van der Waals surface area contributed by atoms with Crippen LogP contribution in [0.5, 0.6) is 0 Å². The summed E-state index contributed by atoms with van der Waals surface area (Å²) in [7, 11) is 2.00. The number of hydrogen-bond donors (Lipinski definition) is 0. The fourth-order valence-electron chi connectivity index (χ4n) is 5.47. The van der Waals surface area contributed by atoms with Crippen molar-refractivity contribution in [3.05, 3.63) is 59.7 Å². The van der Waals surface area contributed by atoms with Gasteiger partial charge in [0.25, 0.3) is 0 Å². The molecule has 0 saturated carbocycles. The van der Waals surface area contributed by atoms with Gasteiger partial charge < -0.3 is 9.80 Å². The van der Waals surface area contributed by atoms with Gasteiger partial charge in [-0.3, -0.25) is 9.48 Å². The lowest BCUT2D eigenvalue weighted by Gasteiger charge is -2.38. The third-order valence-electron chi connectivity index (χ3n) is 7.27. The van der Waals surface area contributed by atoms with Crippen LogP contribution in [-0.4, -0.2) is 56.7 Å². The molecule has 1 fully saturated rings. The molecule has 5 rings (SSSR count). The Morgan fingerprint density at radius 2 is 1.94 bits per heavy atom. The summed E-state index contributed by atoms with van der Waals surface area (Å²) in [5.74, 6) is 1.92. The average Bonchev–Trinajstić information content (AvgIpc) is 3.18. The first-order valence-electron chi connectivity index (χ1n) is 11.4. The molecule has 32 heavy (non-hydrogen) atoms. The molecule has 3 heterocycles. The van der Waals surface area contributed by atoms with Crippen molar-refractivity contribution in [1.82, 2.24) is 24.6 Å². The maximum absolute atomic E-state index is 11.9. The van der Waals surface area contributed by atoms with E-state index in [1.165, 1.54) is 33.7 Å². The topological polar surface area (TPSA) is 67.2 Å². The van der Waals surface area contributed by atoms with Crippen molar-refractivity contribution in [2.45, 2.75) is 32.6 Å². The first-order valence-corrected chi connectivity index (χ1v) is 11.4. The number of fused-ring (bicyclic) bond motifs is 2. The van der Waals surface area contributed by atoms with Crippen LogP contribution in [0.4, 0.5) is 5.82 Å². The molecule has 1 aromatic carbocycles. The van der Waals surface area contributed by atoms with Gasteiger partial charge in [-0.25, -0.2) is 9.97 Å². The molecule has 7 heteroatoms. The lowest BCUT2D eigenvalue weighted by Crippen LogP contribution is -2.49. The third-order valence-corrected chi connectivity index (χ3v) is 7.27.